The molecule has 3 rings (SSSR count). The van der Waals surface area contributed by atoms with Crippen LogP contribution in [0.4, 0.5) is 10.7 Å². The lowest BCUT2D eigenvalue weighted by molar-refractivity contribution is -0.142. The maximum Gasteiger partial charge on any atom is 0.404 e. The third-order valence-corrected chi connectivity index (χ3v) is 4.84. The quantitative estimate of drug-likeness (QED) is 0.258. The van der Waals surface area contributed by atoms with Crippen LogP contribution in [0.1, 0.15) is 25.0 Å². The predicted molar refractivity (Wildman–Crippen MR) is 110 cm³/mol. The highest BCUT2D eigenvalue weighted by atomic mass is 16.4. The first kappa shape index (κ1) is 22.5. The normalized spacial score (nSPS) is 16.6. The summed E-state index contributed by atoms with van der Waals surface area (Å²) in [4.78, 5) is 60.7. The van der Waals surface area contributed by atoms with Crippen LogP contribution < -0.4 is 27.2 Å². The molecule has 0 radical (unpaired) electrons. The number of aromatic nitrogens is 4. The fourth-order valence-electron chi connectivity index (χ4n) is 3.17. The lowest BCUT2D eigenvalue weighted by Gasteiger charge is -2.24. The minimum absolute atomic E-state index is 0.0403. The number of carboxylic acid groups (broad SMARTS) is 2. The number of H-pyrrole nitrogens is 1. The molecule has 2 amide bonds. The summed E-state index contributed by atoms with van der Waals surface area (Å²) >= 11 is 0. The second-order valence-electron chi connectivity index (χ2n) is 7.12. The van der Waals surface area contributed by atoms with E-state index in [9.17, 15) is 19.2 Å². The Morgan fingerprint density at radius 3 is 2.72 bits per heavy atom. The molecular formula is C18H22N8O6. The monoisotopic (exact) mass is 446 g/mol. The summed E-state index contributed by atoms with van der Waals surface area (Å²) in [5, 5.41) is 25.2. The second-order valence-corrected chi connectivity index (χ2v) is 7.12. The van der Waals surface area contributed by atoms with Gasteiger partial charge >= 0.3 is 12.1 Å². The average Bonchev–Trinajstić information content (AvgIpc) is 2.75. The van der Waals surface area contributed by atoms with Gasteiger partial charge in [-0.05, 0) is 19.3 Å². The summed E-state index contributed by atoms with van der Waals surface area (Å²) in [7, 11) is 0. The number of nitrogen functional groups attached to an aromatic ring is 1. The Bertz CT molecular complexity index is 1130. The molecule has 0 aliphatic heterocycles. The Labute approximate surface area is 180 Å². The van der Waals surface area contributed by atoms with E-state index in [0.717, 1.165) is 5.70 Å². The third-order valence-electron chi connectivity index (χ3n) is 4.84. The summed E-state index contributed by atoms with van der Waals surface area (Å²) in [6.45, 7) is -0.124. The number of nitrogens with two attached hydrogens (primary N) is 1. The lowest BCUT2D eigenvalue weighted by Crippen LogP contribution is -2.50. The lowest BCUT2D eigenvalue weighted by atomic mass is 9.91. The van der Waals surface area contributed by atoms with Crippen LogP contribution in [-0.4, -0.2) is 60.7 Å². The summed E-state index contributed by atoms with van der Waals surface area (Å²) in [5.41, 5.74) is 6.63. The molecule has 2 aromatic rings. The highest BCUT2D eigenvalue weighted by molar-refractivity contribution is 5.85. The molecule has 0 bridgehead atoms. The van der Waals surface area contributed by atoms with Crippen molar-refractivity contribution in [2.75, 3.05) is 12.3 Å². The molecule has 8 N–H and O–H groups in total. The highest BCUT2D eigenvalue weighted by Crippen LogP contribution is 2.22. The van der Waals surface area contributed by atoms with Gasteiger partial charge in [0.1, 0.15) is 6.04 Å². The van der Waals surface area contributed by atoms with Crippen molar-refractivity contribution in [3.05, 3.63) is 34.0 Å². The van der Waals surface area contributed by atoms with Gasteiger partial charge in [0, 0.05) is 11.6 Å². The molecule has 0 saturated heterocycles. The van der Waals surface area contributed by atoms with E-state index in [1.807, 2.05) is 11.4 Å². The minimum Gasteiger partial charge on any atom is -0.480 e. The van der Waals surface area contributed by atoms with Crippen LogP contribution in [0.15, 0.2) is 22.8 Å². The van der Waals surface area contributed by atoms with Crippen molar-refractivity contribution in [3.63, 3.8) is 0 Å². The van der Waals surface area contributed by atoms with Gasteiger partial charge in [-0.25, -0.2) is 19.6 Å². The summed E-state index contributed by atoms with van der Waals surface area (Å²) < 4.78 is 0. The molecule has 1 aliphatic carbocycles. The Kier molecular flexibility index (Phi) is 6.82. The van der Waals surface area contributed by atoms with Gasteiger partial charge in [0.05, 0.1) is 25.0 Å². The molecule has 2 atom stereocenters. The first-order chi connectivity index (χ1) is 15.2. The highest BCUT2D eigenvalue weighted by Gasteiger charge is 2.27. The van der Waals surface area contributed by atoms with E-state index in [2.05, 4.69) is 30.6 Å². The first-order valence-corrected chi connectivity index (χ1v) is 9.67. The van der Waals surface area contributed by atoms with Crippen LogP contribution in [0.5, 0.6) is 0 Å². The van der Waals surface area contributed by atoms with E-state index in [1.165, 1.54) is 6.20 Å². The molecule has 14 heteroatoms. The zero-order valence-electron chi connectivity index (χ0n) is 16.8. The summed E-state index contributed by atoms with van der Waals surface area (Å²) in [5.74, 6) is -2.25. The fraction of sp³-hybridized carbons (Fsp3) is 0.389. The third kappa shape index (κ3) is 5.68. The SMILES string of the molecule is Nc1nc2ncc(CNC3=CCC(C(=O)NC(CNC(=O)O)C(=O)O)CC3)nc2c(=O)[nH]1. The Morgan fingerprint density at radius 2 is 2.06 bits per heavy atom. The standard InChI is InChI=1S/C18H22N8O6/c19-17-25-13-12(15(28)26-17)23-10(6-21-13)5-20-9-3-1-8(2-4-9)14(27)24-11(16(29)30)7-22-18(31)32/h3,6,8,11,20,22H,1-2,4-5,7H2,(H,24,27)(H,29,30)(H,31,32)(H3,19,21,25,26,28). The van der Waals surface area contributed by atoms with Crippen molar-refractivity contribution in [1.82, 2.24) is 35.9 Å². The molecule has 0 fully saturated rings. The maximum atomic E-state index is 12.4. The van der Waals surface area contributed by atoms with Crippen molar-refractivity contribution in [2.45, 2.75) is 31.8 Å². The molecule has 14 nitrogen and oxygen atoms in total. The number of nitrogens with zero attached hydrogens (tertiary/aromatic N) is 3. The Balaban J connectivity index is 1.54. The van der Waals surface area contributed by atoms with E-state index >= 15 is 0 Å². The van der Waals surface area contributed by atoms with Gasteiger partial charge in [-0.2, -0.15) is 4.98 Å². The molecule has 0 aromatic carbocycles. The van der Waals surface area contributed by atoms with Gasteiger partial charge in [0.25, 0.3) is 5.56 Å². The number of carboxylic acids is 1. The average molecular weight is 446 g/mol. The van der Waals surface area contributed by atoms with Crippen molar-refractivity contribution in [2.24, 2.45) is 5.92 Å². The molecule has 2 aromatic heterocycles. The van der Waals surface area contributed by atoms with Gasteiger partial charge in [-0.15, -0.1) is 0 Å². The number of rotatable bonds is 8. The number of nitrogens with one attached hydrogen (secondary N) is 4. The van der Waals surface area contributed by atoms with Gasteiger partial charge < -0.3 is 31.9 Å². The molecule has 2 heterocycles. The van der Waals surface area contributed by atoms with Crippen molar-refractivity contribution in [1.29, 1.82) is 0 Å². The van der Waals surface area contributed by atoms with E-state index in [0.29, 0.717) is 31.5 Å². The van der Waals surface area contributed by atoms with Crippen LogP contribution in [0.3, 0.4) is 0 Å². The zero-order chi connectivity index (χ0) is 23.3. The van der Waals surface area contributed by atoms with Crippen LogP contribution >= 0.6 is 0 Å². The Morgan fingerprint density at radius 1 is 1.28 bits per heavy atom. The number of carbonyl (C=O) groups excluding carboxylic acids is 1. The molecule has 2 unspecified atom stereocenters. The fourth-order valence-corrected chi connectivity index (χ4v) is 3.17. The van der Waals surface area contributed by atoms with Gasteiger partial charge in [0.15, 0.2) is 11.2 Å². The Hall–Kier alpha value is -4.23. The maximum absolute atomic E-state index is 12.4. The predicted octanol–water partition coefficient (Wildman–Crippen LogP) is -1.09. The number of anilines is 1. The molecule has 0 spiro atoms. The second kappa shape index (κ2) is 9.72. The molecule has 170 valence electrons. The van der Waals surface area contributed by atoms with Crippen LogP contribution in [-0.2, 0) is 16.1 Å². The van der Waals surface area contributed by atoms with E-state index < -0.39 is 42.0 Å². The van der Waals surface area contributed by atoms with E-state index in [4.69, 9.17) is 15.9 Å². The van der Waals surface area contributed by atoms with Crippen molar-refractivity contribution >= 4 is 35.1 Å². The number of amides is 2. The van der Waals surface area contributed by atoms with Crippen LogP contribution in [0, 0.1) is 5.92 Å². The smallest absolute Gasteiger partial charge is 0.404 e. The van der Waals surface area contributed by atoms with E-state index in [1.54, 1.807) is 0 Å². The van der Waals surface area contributed by atoms with Crippen molar-refractivity contribution in [3.8, 4) is 0 Å². The topological polar surface area (TPSA) is 225 Å². The molecule has 0 saturated carbocycles. The van der Waals surface area contributed by atoms with Crippen LogP contribution in [0.2, 0.25) is 0 Å². The zero-order valence-corrected chi connectivity index (χ0v) is 16.8. The summed E-state index contributed by atoms with van der Waals surface area (Å²) in [6.07, 6.45) is 3.36. The molecular weight excluding hydrogens is 424 g/mol. The molecule has 1 aliphatic rings. The number of hydrogen-bond donors (Lipinski definition) is 7. The number of fused-ring (bicyclic) bond motifs is 1. The molecule has 32 heavy (non-hydrogen) atoms. The van der Waals surface area contributed by atoms with Crippen molar-refractivity contribution < 1.29 is 24.6 Å². The number of aliphatic carboxylic acids is 1. The minimum atomic E-state index is -1.37. The van der Waals surface area contributed by atoms with Gasteiger partial charge in [-0.3, -0.25) is 14.6 Å². The van der Waals surface area contributed by atoms with Gasteiger partial charge in [0.2, 0.25) is 11.9 Å². The number of hydrogen-bond acceptors (Lipinski definition) is 9. The number of carbonyl (C=O) groups is 3. The first-order valence-electron chi connectivity index (χ1n) is 9.67. The summed E-state index contributed by atoms with van der Waals surface area (Å²) in [6, 6.07) is -1.35. The van der Waals surface area contributed by atoms with Gasteiger partial charge in [-0.1, -0.05) is 6.08 Å². The van der Waals surface area contributed by atoms with Crippen LogP contribution in [0.25, 0.3) is 11.2 Å². The van der Waals surface area contributed by atoms with E-state index in [-0.39, 0.29) is 17.1 Å². The number of aromatic amines is 1. The number of allylic oxidation sites excluding steroid dienone is 2. The largest absolute Gasteiger partial charge is 0.480 e.